The molecule has 1 aliphatic heterocycles. The molecule has 1 aromatic carbocycles. The van der Waals surface area contributed by atoms with Gasteiger partial charge in [0, 0.05) is 36.4 Å². The molecule has 4 rings (SSSR count). The Labute approximate surface area is 164 Å². The molecule has 8 heteroatoms. The summed E-state index contributed by atoms with van der Waals surface area (Å²) in [4.78, 5) is 18.9. The summed E-state index contributed by atoms with van der Waals surface area (Å²) in [5, 5.41) is 5.02. The van der Waals surface area contributed by atoms with Crippen molar-refractivity contribution in [3.8, 4) is 0 Å². The van der Waals surface area contributed by atoms with E-state index in [-0.39, 0.29) is 12.4 Å². The van der Waals surface area contributed by atoms with Crippen LogP contribution in [0.25, 0.3) is 11.0 Å². The quantitative estimate of drug-likeness (QED) is 0.591. The predicted octanol–water partition coefficient (Wildman–Crippen LogP) is 3.61. The van der Waals surface area contributed by atoms with Gasteiger partial charge in [-0.05, 0) is 31.0 Å². The molecule has 0 fully saturated rings. The van der Waals surface area contributed by atoms with Gasteiger partial charge in [-0.15, -0.1) is 0 Å². The summed E-state index contributed by atoms with van der Waals surface area (Å²) in [6.45, 7) is 3.04. The number of anilines is 1. The van der Waals surface area contributed by atoms with E-state index < -0.39 is 5.97 Å². The van der Waals surface area contributed by atoms with E-state index >= 15 is 0 Å². The molecule has 3 heterocycles. The van der Waals surface area contributed by atoms with Crippen LogP contribution in [-0.4, -0.2) is 33.9 Å². The second-order valence-corrected chi connectivity index (χ2v) is 7.26. The van der Waals surface area contributed by atoms with Gasteiger partial charge in [0.1, 0.15) is 11.4 Å². The summed E-state index contributed by atoms with van der Waals surface area (Å²) in [5.74, 6) is -0.682. The van der Waals surface area contributed by atoms with Crippen LogP contribution in [0, 0.1) is 5.82 Å². The van der Waals surface area contributed by atoms with Gasteiger partial charge in [0.2, 0.25) is 0 Å². The van der Waals surface area contributed by atoms with Gasteiger partial charge in [-0.2, -0.15) is 5.10 Å². The third-order valence-corrected chi connectivity index (χ3v) is 5.59. The van der Waals surface area contributed by atoms with Crippen molar-refractivity contribution in [3.05, 3.63) is 51.5 Å². The van der Waals surface area contributed by atoms with Crippen molar-refractivity contribution in [2.45, 2.75) is 19.9 Å². The van der Waals surface area contributed by atoms with Crippen LogP contribution in [0.5, 0.6) is 0 Å². The van der Waals surface area contributed by atoms with Gasteiger partial charge in [-0.3, -0.25) is 4.68 Å². The number of rotatable bonds is 3. The Kier molecular flexibility index (Phi) is 4.59. The van der Waals surface area contributed by atoms with E-state index in [1.165, 1.54) is 12.3 Å². The van der Waals surface area contributed by atoms with E-state index in [1.807, 2.05) is 4.90 Å². The highest BCUT2D eigenvalue weighted by Gasteiger charge is 2.28. The minimum atomic E-state index is -0.439. The molecule has 1 aliphatic rings. The topological polar surface area (TPSA) is 60.2 Å². The number of fused-ring (bicyclic) bond motifs is 2. The van der Waals surface area contributed by atoms with E-state index in [4.69, 9.17) is 4.74 Å². The second-order valence-electron chi connectivity index (χ2n) is 6.40. The summed E-state index contributed by atoms with van der Waals surface area (Å²) < 4.78 is 22.2. The van der Waals surface area contributed by atoms with Crippen LogP contribution in [0.15, 0.2) is 29.0 Å². The predicted molar refractivity (Wildman–Crippen MR) is 103 cm³/mol. The molecule has 140 valence electrons. The van der Waals surface area contributed by atoms with Crippen LogP contribution in [-0.2, 0) is 24.8 Å². The summed E-state index contributed by atoms with van der Waals surface area (Å²) in [6, 6.07) is 3.20. The van der Waals surface area contributed by atoms with Crippen LogP contribution in [0.2, 0.25) is 0 Å². The molecule has 0 amide bonds. The fraction of sp³-hybridized carbons (Fsp3) is 0.316. The number of pyridine rings is 1. The van der Waals surface area contributed by atoms with Gasteiger partial charge in [-0.1, -0.05) is 15.9 Å². The third kappa shape index (κ3) is 2.97. The average Bonchev–Trinajstić information content (AvgIpc) is 3.05. The molecule has 0 N–H and O–H groups in total. The number of carbonyl (C=O) groups is 1. The standard InChI is InChI=1S/C19H18BrFN4O2/c1-3-27-19(26)13-8-22-18-12(9-23-24(18)2)17(13)25-7-6-11-14(10-25)16(21)5-4-15(11)20/h4-5,8-9H,3,6-7,10H2,1-2H3. The number of halogens is 2. The number of aromatic nitrogens is 3. The number of benzene rings is 1. The molecule has 0 atom stereocenters. The minimum Gasteiger partial charge on any atom is -0.462 e. The number of hydrogen-bond donors (Lipinski definition) is 0. The fourth-order valence-electron chi connectivity index (χ4n) is 3.57. The number of aryl methyl sites for hydroxylation is 1. The Hall–Kier alpha value is -2.48. The molecule has 0 saturated heterocycles. The molecular formula is C19H18BrFN4O2. The van der Waals surface area contributed by atoms with Crippen LogP contribution in [0.3, 0.4) is 0 Å². The van der Waals surface area contributed by atoms with E-state index in [9.17, 15) is 9.18 Å². The first-order valence-corrected chi connectivity index (χ1v) is 9.49. The highest BCUT2D eigenvalue weighted by molar-refractivity contribution is 9.10. The van der Waals surface area contributed by atoms with Gasteiger partial charge in [-0.25, -0.2) is 14.2 Å². The molecular weight excluding hydrogens is 415 g/mol. The van der Waals surface area contributed by atoms with Crippen molar-refractivity contribution >= 4 is 38.6 Å². The monoisotopic (exact) mass is 432 g/mol. The smallest absolute Gasteiger partial charge is 0.341 e. The maximum Gasteiger partial charge on any atom is 0.341 e. The SMILES string of the molecule is CCOC(=O)c1cnc2c(cnn2C)c1N1CCc2c(Br)ccc(F)c2C1. The number of esters is 1. The Morgan fingerprint density at radius 2 is 2.15 bits per heavy atom. The molecule has 0 saturated carbocycles. The van der Waals surface area contributed by atoms with Crippen LogP contribution in [0.4, 0.5) is 10.1 Å². The lowest BCUT2D eigenvalue weighted by atomic mass is 9.98. The number of ether oxygens (including phenoxy) is 1. The van der Waals surface area contributed by atoms with Crippen molar-refractivity contribution in [2.75, 3.05) is 18.1 Å². The summed E-state index contributed by atoms with van der Waals surface area (Å²) in [7, 11) is 1.80. The molecule has 0 radical (unpaired) electrons. The minimum absolute atomic E-state index is 0.243. The van der Waals surface area contributed by atoms with Crippen molar-refractivity contribution in [1.82, 2.24) is 14.8 Å². The van der Waals surface area contributed by atoms with Gasteiger partial charge >= 0.3 is 5.97 Å². The first kappa shape index (κ1) is 17.9. The van der Waals surface area contributed by atoms with Crippen LogP contribution >= 0.6 is 15.9 Å². The van der Waals surface area contributed by atoms with Gasteiger partial charge in [0.05, 0.1) is 23.9 Å². The third-order valence-electron chi connectivity index (χ3n) is 4.84. The molecule has 0 unspecified atom stereocenters. The first-order valence-electron chi connectivity index (χ1n) is 8.69. The van der Waals surface area contributed by atoms with E-state index in [1.54, 1.807) is 30.9 Å². The Morgan fingerprint density at radius 1 is 1.33 bits per heavy atom. The molecule has 3 aromatic rings. The largest absolute Gasteiger partial charge is 0.462 e. The zero-order valence-corrected chi connectivity index (χ0v) is 16.6. The second kappa shape index (κ2) is 6.92. The molecule has 0 bridgehead atoms. The maximum absolute atomic E-state index is 14.5. The van der Waals surface area contributed by atoms with E-state index in [0.29, 0.717) is 42.0 Å². The average molecular weight is 433 g/mol. The van der Waals surface area contributed by atoms with Crippen LogP contribution < -0.4 is 4.90 Å². The van der Waals surface area contributed by atoms with E-state index in [2.05, 4.69) is 26.0 Å². The van der Waals surface area contributed by atoms with Crippen molar-refractivity contribution < 1.29 is 13.9 Å². The first-order chi connectivity index (χ1) is 13.0. The summed E-state index contributed by atoms with van der Waals surface area (Å²) >= 11 is 3.51. The summed E-state index contributed by atoms with van der Waals surface area (Å²) in [6.07, 6.45) is 3.87. The lowest BCUT2D eigenvalue weighted by Crippen LogP contribution is -2.33. The van der Waals surface area contributed by atoms with Crippen molar-refractivity contribution in [1.29, 1.82) is 0 Å². The molecule has 27 heavy (non-hydrogen) atoms. The number of carbonyl (C=O) groups excluding carboxylic acids is 1. The van der Waals surface area contributed by atoms with Crippen LogP contribution in [0.1, 0.15) is 28.4 Å². The van der Waals surface area contributed by atoms with Gasteiger partial charge < -0.3 is 9.64 Å². The fourth-order valence-corrected chi connectivity index (χ4v) is 4.14. The molecule has 0 spiro atoms. The van der Waals surface area contributed by atoms with E-state index in [0.717, 1.165) is 15.4 Å². The molecule has 6 nitrogen and oxygen atoms in total. The highest BCUT2D eigenvalue weighted by Crippen LogP contribution is 2.36. The van der Waals surface area contributed by atoms with Crippen molar-refractivity contribution in [3.63, 3.8) is 0 Å². The Bertz CT molecular complexity index is 1050. The maximum atomic E-state index is 14.5. The van der Waals surface area contributed by atoms with Gasteiger partial charge in [0.25, 0.3) is 0 Å². The highest BCUT2D eigenvalue weighted by atomic mass is 79.9. The molecule has 2 aromatic heterocycles. The summed E-state index contributed by atoms with van der Waals surface area (Å²) in [5.41, 5.74) is 3.34. The van der Waals surface area contributed by atoms with Crippen molar-refractivity contribution in [2.24, 2.45) is 7.05 Å². The Balaban J connectivity index is 1.86. The number of nitrogens with zero attached hydrogens (tertiary/aromatic N) is 4. The molecule has 0 aliphatic carbocycles. The van der Waals surface area contributed by atoms with Gasteiger partial charge in [0.15, 0.2) is 5.65 Å². The Morgan fingerprint density at radius 3 is 2.93 bits per heavy atom. The lowest BCUT2D eigenvalue weighted by Gasteiger charge is -2.32. The number of hydrogen-bond acceptors (Lipinski definition) is 5. The zero-order chi connectivity index (χ0) is 19.1. The normalized spacial score (nSPS) is 13.7. The zero-order valence-electron chi connectivity index (χ0n) is 15.0. The lowest BCUT2D eigenvalue weighted by molar-refractivity contribution is 0.0526.